The van der Waals surface area contributed by atoms with Gasteiger partial charge in [-0.25, -0.2) is 4.98 Å². The molecule has 2 rings (SSSR count). The Balaban J connectivity index is 2.13. The quantitative estimate of drug-likeness (QED) is 0.697. The lowest BCUT2D eigenvalue weighted by atomic mass is 10.3. The Hall–Kier alpha value is -2.37. The lowest BCUT2D eigenvalue weighted by Gasteiger charge is -2.02. The molecule has 0 saturated carbocycles. The van der Waals surface area contributed by atoms with Gasteiger partial charge in [-0.2, -0.15) is 5.10 Å². The number of amides is 1. The van der Waals surface area contributed by atoms with E-state index in [4.69, 9.17) is 5.73 Å². The number of H-pyrrole nitrogens is 1. The number of nitrogens with zero attached hydrogens (tertiary/aromatic N) is 2. The van der Waals surface area contributed by atoms with E-state index in [1.54, 1.807) is 12.3 Å². The van der Waals surface area contributed by atoms with Crippen molar-refractivity contribution in [3.8, 4) is 0 Å². The number of pyridine rings is 1. The number of carbonyl (C=O) groups is 1. The van der Waals surface area contributed by atoms with Crippen molar-refractivity contribution in [1.82, 2.24) is 15.2 Å². The monoisotopic (exact) mass is 217 g/mol. The summed E-state index contributed by atoms with van der Waals surface area (Å²) in [5.74, 6) is 0.461. The Morgan fingerprint density at radius 1 is 1.50 bits per heavy atom. The fourth-order valence-corrected chi connectivity index (χ4v) is 1.24. The maximum absolute atomic E-state index is 11.7. The number of aryl methyl sites for hydroxylation is 1. The van der Waals surface area contributed by atoms with Crippen LogP contribution in [0.2, 0.25) is 0 Å². The first kappa shape index (κ1) is 10.2. The summed E-state index contributed by atoms with van der Waals surface area (Å²) in [6, 6.07) is 5.09. The van der Waals surface area contributed by atoms with Crippen LogP contribution < -0.4 is 11.1 Å². The minimum atomic E-state index is -0.317. The van der Waals surface area contributed by atoms with Gasteiger partial charge in [0.15, 0.2) is 0 Å². The molecule has 0 aromatic carbocycles. The van der Waals surface area contributed by atoms with E-state index in [2.05, 4.69) is 20.5 Å². The first-order valence-corrected chi connectivity index (χ1v) is 4.70. The van der Waals surface area contributed by atoms with Gasteiger partial charge >= 0.3 is 0 Å². The minimum Gasteiger partial charge on any atom is -0.382 e. The summed E-state index contributed by atoms with van der Waals surface area (Å²) in [5, 5.41) is 8.83. The Bertz CT molecular complexity index is 519. The molecule has 0 unspecified atom stereocenters. The Morgan fingerprint density at radius 2 is 2.31 bits per heavy atom. The number of nitrogens with two attached hydrogens (primary N) is 1. The van der Waals surface area contributed by atoms with E-state index in [-0.39, 0.29) is 11.7 Å². The fraction of sp³-hybridized carbons (Fsp3) is 0.100. The molecular formula is C10H11N5O. The zero-order valence-corrected chi connectivity index (χ0v) is 8.69. The van der Waals surface area contributed by atoms with Crippen LogP contribution >= 0.6 is 0 Å². The molecule has 0 atom stereocenters. The Kier molecular flexibility index (Phi) is 2.55. The van der Waals surface area contributed by atoms with Crippen LogP contribution in [0.1, 0.15) is 16.1 Å². The van der Waals surface area contributed by atoms with E-state index >= 15 is 0 Å². The Morgan fingerprint density at radius 3 is 2.94 bits per heavy atom. The number of aromatic amines is 1. The molecule has 4 N–H and O–H groups in total. The van der Waals surface area contributed by atoms with Gasteiger partial charge in [0.1, 0.15) is 17.3 Å². The van der Waals surface area contributed by atoms with E-state index in [0.717, 1.165) is 5.56 Å². The molecule has 2 heterocycles. The zero-order chi connectivity index (χ0) is 11.5. The van der Waals surface area contributed by atoms with Crippen molar-refractivity contribution in [1.29, 1.82) is 0 Å². The molecular weight excluding hydrogens is 206 g/mol. The molecule has 0 aliphatic heterocycles. The first-order chi connectivity index (χ1) is 7.65. The predicted octanol–water partition coefficient (Wildman–Crippen LogP) is 0.948. The molecule has 82 valence electrons. The van der Waals surface area contributed by atoms with Crippen LogP contribution in [0.5, 0.6) is 0 Å². The van der Waals surface area contributed by atoms with Gasteiger partial charge in [-0.1, -0.05) is 0 Å². The summed E-state index contributed by atoms with van der Waals surface area (Å²) < 4.78 is 0. The highest BCUT2D eigenvalue weighted by Gasteiger charge is 2.09. The maximum Gasteiger partial charge on any atom is 0.274 e. The van der Waals surface area contributed by atoms with Crippen LogP contribution in [-0.4, -0.2) is 21.1 Å². The maximum atomic E-state index is 11.7. The standard InChI is InChI=1S/C10H11N5O/c1-6-2-3-12-9(4-6)13-10(16)7-5-8(11)15-14-7/h2-5H,1H3,(H3,11,14,15)(H,12,13,16). The summed E-state index contributed by atoms with van der Waals surface area (Å²) in [6.45, 7) is 1.92. The van der Waals surface area contributed by atoms with Crippen molar-refractivity contribution in [2.75, 3.05) is 11.1 Å². The second kappa shape index (κ2) is 4.01. The molecule has 2 aromatic rings. The molecule has 6 heteroatoms. The average Bonchev–Trinajstić information content (AvgIpc) is 2.65. The van der Waals surface area contributed by atoms with Crippen LogP contribution in [0.4, 0.5) is 11.6 Å². The van der Waals surface area contributed by atoms with Crippen molar-refractivity contribution >= 4 is 17.5 Å². The van der Waals surface area contributed by atoms with Gasteiger partial charge in [-0.3, -0.25) is 9.89 Å². The number of hydrogen-bond donors (Lipinski definition) is 3. The molecule has 0 fully saturated rings. The Labute approximate surface area is 91.9 Å². The lowest BCUT2D eigenvalue weighted by Crippen LogP contribution is -2.13. The molecule has 2 aromatic heterocycles. The van der Waals surface area contributed by atoms with Crippen molar-refractivity contribution in [3.05, 3.63) is 35.7 Å². The van der Waals surface area contributed by atoms with Crippen molar-refractivity contribution in [3.63, 3.8) is 0 Å². The minimum absolute atomic E-state index is 0.280. The third-order valence-corrected chi connectivity index (χ3v) is 2.00. The largest absolute Gasteiger partial charge is 0.382 e. The molecule has 0 aliphatic rings. The van der Waals surface area contributed by atoms with Crippen LogP contribution in [0.3, 0.4) is 0 Å². The van der Waals surface area contributed by atoms with Crippen molar-refractivity contribution in [2.45, 2.75) is 6.92 Å². The van der Waals surface area contributed by atoms with Gasteiger partial charge in [-0.15, -0.1) is 0 Å². The van der Waals surface area contributed by atoms with Gasteiger partial charge in [0.25, 0.3) is 5.91 Å². The van der Waals surface area contributed by atoms with Crippen LogP contribution in [0.15, 0.2) is 24.4 Å². The highest BCUT2D eigenvalue weighted by molar-refractivity contribution is 6.02. The van der Waals surface area contributed by atoms with Crippen molar-refractivity contribution < 1.29 is 4.79 Å². The summed E-state index contributed by atoms with van der Waals surface area (Å²) in [7, 11) is 0. The normalized spacial score (nSPS) is 10.1. The number of nitrogens with one attached hydrogen (secondary N) is 2. The number of hydrogen-bond acceptors (Lipinski definition) is 4. The number of carbonyl (C=O) groups excluding carboxylic acids is 1. The second-order valence-electron chi connectivity index (χ2n) is 3.38. The molecule has 0 radical (unpaired) electrons. The predicted molar refractivity (Wildman–Crippen MR) is 59.9 cm³/mol. The van der Waals surface area contributed by atoms with Gasteiger partial charge in [0, 0.05) is 12.3 Å². The van der Waals surface area contributed by atoms with Gasteiger partial charge < -0.3 is 11.1 Å². The number of anilines is 2. The highest BCUT2D eigenvalue weighted by atomic mass is 16.2. The number of aromatic nitrogens is 3. The fourth-order valence-electron chi connectivity index (χ4n) is 1.24. The second-order valence-corrected chi connectivity index (χ2v) is 3.38. The summed E-state index contributed by atoms with van der Waals surface area (Å²) in [4.78, 5) is 15.7. The highest BCUT2D eigenvalue weighted by Crippen LogP contribution is 2.08. The smallest absolute Gasteiger partial charge is 0.274 e. The molecule has 0 aliphatic carbocycles. The van der Waals surface area contributed by atoms with Crippen LogP contribution in [0, 0.1) is 6.92 Å². The molecule has 1 amide bonds. The third-order valence-electron chi connectivity index (χ3n) is 2.00. The van der Waals surface area contributed by atoms with Crippen LogP contribution in [-0.2, 0) is 0 Å². The summed E-state index contributed by atoms with van der Waals surface area (Å²) in [6.07, 6.45) is 1.63. The van der Waals surface area contributed by atoms with E-state index in [0.29, 0.717) is 11.5 Å². The van der Waals surface area contributed by atoms with Gasteiger partial charge in [-0.05, 0) is 24.6 Å². The SMILES string of the molecule is Cc1ccnc(NC(=O)c2cc(N)n[nH]2)c1. The third kappa shape index (κ3) is 2.17. The summed E-state index contributed by atoms with van der Waals surface area (Å²) in [5.41, 5.74) is 6.72. The molecule has 16 heavy (non-hydrogen) atoms. The molecule has 0 spiro atoms. The van der Waals surface area contributed by atoms with Crippen LogP contribution in [0.25, 0.3) is 0 Å². The van der Waals surface area contributed by atoms with Crippen molar-refractivity contribution in [2.24, 2.45) is 0 Å². The first-order valence-electron chi connectivity index (χ1n) is 4.70. The average molecular weight is 217 g/mol. The van der Waals surface area contributed by atoms with E-state index in [1.165, 1.54) is 6.07 Å². The van der Waals surface area contributed by atoms with E-state index in [9.17, 15) is 4.79 Å². The number of nitrogen functional groups attached to an aromatic ring is 1. The van der Waals surface area contributed by atoms with E-state index < -0.39 is 0 Å². The summed E-state index contributed by atoms with van der Waals surface area (Å²) >= 11 is 0. The molecule has 6 nitrogen and oxygen atoms in total. The molecule has 0 saturated heterocycles. The van der Waals surface area contributed by atoms with Gasteiger partial charge in [0.2, 0.25) is 0 Å². The zero-order valence-electron chi connectivity index (χ0n) is 8.69. The lowest BCUT2D eigenvalue weighted by molar-refractivity contribution is 0.102. The van der Waals surface area contributed by atoms with Gasteiger partial charge in [0.05, 0.1) is 0 Å². The molecule has 0 bridgehead atoms. The topological polar surface area (TPSA) is 96.7 Å². The van der Waals surface area contributed by atoms with E-state index in [1.807, 2.05) is 13.0 Å². The number of rotatable bonds is 2.